The summed E-state index contributed by atoms with van der Waals surface area (Å²) in [4.78, 5) is 0. The van der Waals surface area contributed by atoms with Crippen molar-refractivity contribution in [1.29, 1.82) is 0 Å². The Morgan fingerprint density at radius 1 is 0.842 bits per heavy atom. The molecule has 0 saturated carbocycles. The summed E-state index contributed by atoms with van der Waals surface area (Å²) in [6.07, 6.45) is 0. The number of hydrogen-bond donors (Lipinski definition) is 0. The van der Waals surface area contributed by atoms with Gasteiger partial charge in [-0.25, -0.2) is 0 Å². The van der Waals surface area contributed by atoms with Crippen LogP contribution in [0.3, 0.4) is 0 Å². The first-order chi connectivity index (χ1) is 7.96. The molecule has 0 bridgehead atoms. The van der Waals surface area contributed by atoms with E-state index in [9.17, 15) is 0 Å². The highest BCUT2D eigenvalue weighted by Crippen LogP contribution is 2.46. The third kappa shape index (κ3) is 5.28. The molecular formula is C16H33BPSi. The highest BCUT2D eigenvalue weighted by atomic mass is 31.1. The lowest BCUT2D eigenvalue weighted by atomic mass is 10.3. The molecule has 109 valence electrons. The first-order valence-electron chi connectivity index (χ1n) is 7.22. The van der Waals surface area contributed by atoms with Gasteiger partial charge in [0.15, 0.2) is 0 Å². The van der Waals surface area contributed by atoms with Gasteiger partial charge in [-0.3, -0.25) is 0 Å². The van der Waals surface area contributed by atoms with E-state index in [1.807, 2.05) is 0 Å². The highest BCUT2D eigenvalue weighted by Gasteiger charge is 2.41. The Bertz CT molecular complexity index is 296. The minimum absolute atomic E-state index is 0. The predicted octanol–water partition coefficient (Wildman–Crippen LogP) is 5.69. The van der Waals surface area contributed by atoms with Gasteiger partial charge < -0.3 is 0 Å². The lowest BCUT2D eigenvalue weighted by Gasteiger charge is -2.38. The predicted molar refractivity (Wildman–Crippen MR) is 97.2 cm³/mol. The van der Waals surface area contributed by atoms with Crippen LogP contribution < -0.4 is 0 Å². The van der Waals surface area contributed by atoms with E-state index >= 15 is 0 Å². The molecule has 0 aliphatic heterocycles. The second kappa shape index (κ2) is 7.90. The molecule has 1 atom stereocenters. The van der Waals surface area contributed by atoms with E-state index in [1.54, 1.807) is 0 Å². The average molecular weight is 295 g/mol. The van der Waals surface area contributed by atoms with Gasteiger partial charge in [0.1, 0.15) is 8.07 Å². The Morgan fingerprint density at radius 2 is 1.16 bits per heavy atom. The van der Waals surface area contributed by atoms with Crippen LogP contribution in [0.25, 0.3) is 0 Å². The van der Waals surface area contributed by atoms with Crippen molar-refractivity contribution < 1.29 is 0 Å². The first kappa shape index (κ1) is 21.6. The summed E-state index contributed by atoms with van der Waals surface area (Å²) in [5.41, 5.74) is 9.77. The van der Waals surface area contributed by atoms with Gasteiger partial charge >= 0.3 is 0 Å². The molecule has 0 aliphatic rings. The maximum absolute atomic E-state index is 3.86. The zero-order valence-corrected chi connectivity index (χ0v) is 16.7. The van der Waals surface area contributed by atoms with Gasteiger partial charge in [0.05, 0.1) is 0 Å². The van der Waals surface area contributed by atoms with E-state index in [-0.39, 0.29) is 16.3 Å². The normalized spacial score (nSPS) is 14.2. The minimum Gasteiger partial charge on any atom is -0.126 e. The lowest BCUT2D eigenvalue weighted by molar-refractivity contribution is 0.791. The molecule has 0 spiro atoms. The topological polar surface area (TPSA) is 0 Å². The minimum atomic E-state index is -1.51. The van der Waals surface area contributed by atoms with Crippen molar-refractivity contribution in [1.82, 2.24) is 0 Å². The Kier molecular flexibility index (Phi) is 8.96. The molecule has 0 heterocycles. The summed E-state index contributed by atoms with van der Waals surface area (Å²) in [5.74, 6) is 0. The van der Waals surface area contributed by atoms with Crippen LogP contribution in [-0.2, 0) is 0 Å². The highest BCUT2D eigenvalue weighted by molar-refractivity contribution is 7.63. The van der Waals surface area contributed by atoms with E-state index in [0.717, 1.165) is 16.6 Å². The van der Waals surface area contributed by atoms with Crippen LogP contribution in [0, 0.1) is 11.2 Å². The molecule has 0 N–H and O–H groups in total. The Hall–Kier alpha value is 0.272. The number of hydrogen-bond acceptors (Lipinski definition) is 0. The SMILES string of the molecule is CC(C)[Si](C#C[P@@](C)C(C)(C)C)(C(C)C)C(C)C.[B]. The summed E-state index contributed by atoms with van der Waals surface area (Å²) < 4.78 is 0. The van der Waals surface area contributed by atoms with Crippen molar-refractivity contribution in [3.8, 4) is 11.2 Å². The molecule has 0 unspecified atom stereocenters. The van der Waals surface area contributed by atoms with Crippen molar-refractivity contribution in [3.63, 3.8) is 0 Å². The fraction of sp³-hybridized carbons (Fsp3) is 0.875. The van der Waals surface area contributed by atoms with Crippen molar-refractivity contribution >= 4 is 24.4 Å². The third-order valence-electron chi connectivity index (χ3n) is 4.31. The molecule has 0 aliphatic carbocycles. The molecule has 0 saturated heterocycles. The largest absolute Gasteiger partial charge is 0.146 e. The summed E-state index contributed by atoms with van der Waals surface area (Å²) in [7, 11) is -1.70. The summed E-state index contributed by atoms with van der Waals surface area (Å²) >= 11 is 0. The second-order valence-electron chi connectivity index (χ2n) is 7.36. The maximum Gasteiger partial charge on any atom is 0.146 e. The molecule has 0 fully saturated rings. The fourth-order valence-corrected chi connectivity index (χ4v) is 9.43. The first-order valence-corrected chi connectivity index (χ1v) is 11.2. The van der Waals surface area contributed by atoms with Crippen molar-refractivity contribution in [2.24, 2.45) is 0 Å². The molecule has 3 radical (unpaired) electrons. The van der Waals surface area contributed by atoms with Crippen LogP contribution in [-0.4, -0.2) is 28.3 Å². The van der Waals surface area contributed by atoms with Gasteiger partial charge in [-0.2, -0.15) is 0 Å². The van der Waals surface area contributed by atoms with Gasteiger partial charge in [0, 0.05) is 8.41 Å². The van der Waals surface area contributed by atoms with Crippen molar-refractivity contribution in [2.75, 3.05) is 6.66 Å². The van der Waals surface area contributed by atoms with Gasteiger partial charge in [-0.1, -0.05) is 68.0 Å². The van der Waals surface area contributed by atoms with Crippen LogP contribution >= 0.6 is 7.92 Å². The average Bonchev–Trinajstić information content (AvgIpc) is 2.14. The molecule has 3 heteroatoms. The Labute approximate surface area is 126 Å². The Balaban J connectivity index is 0. The third-order valence-corrected chi connectivity index (χ3v) is 13.3. The van der Waals surface area contributed by atoms with E-state index in [1.165, 1.54) is 0 Å². The van der Waals surface area contributed by atoms with Gasteiger partial charge in [-0.15, -0.1) is 5.54 Å². The van der Waals surface area contributed by atoms with Crippen molar-refractivity contribution in [3.05, 3.63) is 0 Å². The van der Waals surface area contributed by atoms with Gasteiger partial charge in [-0.05, 0) is 36.4 Å². The molecule has 0 rings (SSSR count). The molecule has 0 aromatic rings. The van der Waals surface area contributed by atoms with Crippen molar-refractivity contribution in [2.45, 2.75) is 84.1 Å². The molecular weight excluding hydrogens is 262 g/mol. The number of rotatable bonds is 3. The summed E-state index contributed by atoms with van der Waals surface area (Å²) in [6.45, 7) is 23.6. The quantitative estimate of drug-likeness (QED) is 0.356. The van der Waals surface area contributed by atoms with Gasteiger partial charge in [0.2, 0.25) is 0 Å². The van der Waals surface area contributed by atoms with Crippen LogP contribution in [0.15, 0.2) is 0 Å². The van der Waals surface area contributed by atoms with E-state index < -0.39 is 8.07 Å². The van der Waals surface area contributed by atoms with E-state index in [2.05, 4.69) is 80.2 Å². The maximum atomic E-state index is 3.86. The zero-order valence-electron chi connectivity index (χ0n) is 14.8. The monoisotopic (exact) mass is 295 g/mol. The fourth-order valence-electron chi connectivity index (χ4n) is 2.78. The second-order valence-corrected chi connectivity index (χ2v) is 15.6. The summed E-state index contributed by atoms with van der Waals surface area (Å²) in [5, 5.41) is 0.355. The summed E-state index contributed by atoms with van der Waals surface area (Å²) in [6, 6.07) is 0. The lowest BCUT2D eigenvalue weighted by Crippen LogP contribution is -2.43. The molecule has 0 aromatic carbocycles. The molecule has 0 amide bonds. The van der Waals surface area contributed by atoms with Gasteiger partial charge in [0.25, 0.3) is 0 Å². The van der Waals surface area contributed by atoms with E-state index in [4.69, 9.17) is 0 Å². The van der Waals surface area contributed by atoms with Crippen LogP contribution in [0.2, 0.25) is 16.6 Å². The van der Waals surface area contributed by atoms with Crippen LogP contribution in [0.1, 0.15) is 62.3 Å². The molecule has 0 aromatic heterocycles. The standard InChI is InChI=1S/C16H33PSi.B/c1-13(2)18(14(3)4,15(5)6)12-11-17(10)16(7,8)9;/h13-15H,1-10H3;/t17-;/m1./s1. The smallest absolute Gasteiger partial charge is 0.126 e. The molecule has 19 heavy (non-hydrogen) atoms. The van der Waals surface area contributed by atoms with E-state index in [0.29, 0.717) is 5.16 Å². The molecule has 0 nitrogen and oxygen atoms in total. The van der Waals surface area contributed by atoms with Crippen LogP contribution in [0.5, 0.6) is 0 Å². The van der Waals surface area contributed by atoms with Crippen LogP contribution in [0.4, 0.5) is 0 Å². The zero-order chi connectivity index (χ0) is 14.7. The Morgan fingerprint density at radius 3 is 1.37 bits per heavy atom.